The second kappa shape index (κ2) is 12.2. The van der Waals surface area contributed by atoms with Crippen molar-refractivity contribution in [3.63, 3.8) is 0 Å². The number of halogens is 3. The molecular weight excluding hydrogens is 624 g/mol. The van der Waals surface area contributed by atoms with Gasteiger partial charge < -0.3 is 25.5 Å². The highest BCUT2D eigenvalue weighted by Gasteiger charge is 2.30. The van der Waals surface area contributed by atoms with Crippen molar-refractivity contribution in [1.82, 2.24) is 39.7 Å². The molecule has 0 bridgehead atoms. The molecule has 5 heterocycles. The molecule has 0 saturated heterocycles. The van der Waals surface area contributed by atoms with Crippen LogP contribution in [0.15, 0.2) is 77.9 Å². The van der Waals surface area contributed by atoms with Gasteiger partial charge in [0.25, 0.3) is 5.56 Å². The Labute approximate surface area is 262 Å². The van der Waals surface area contributed by atoms with Crippen molar-refractivity contribution in [2.75, 3.05) is 5.73 Å². The van der Waals surface area contributed by atoms with Crippen LogP contribution in [0.25, 0.3) is 28.2 Å². The third kappa shape index (κ3) is 5.90. The number of rotatable bonds is 5. The minimum Gasteiger partial charge on any atom is -0.508 e. The lowest BCUT2D eigenvalue weighted by Crippen LogP contribution is -2.24. The molecule has 1 atom stereocenters. The fourth-order valence-corrected chi connectivity index (χ4v) is 5.38. The molecular formula is C30H22ClF2N9O4. The first kappa shape index (κ1) is 30.1. The molecule has 0 amide bonds. The van der Waals surface area contributed by atoms with E-state index in [2.05, 4.69) is 30.5 Å². The van der Waals surface area contributed by atoms with Gasteiger partial charge in [0, 0.05) is 22.3 Å². The number of phenolic OH excluding ortho intramolecular Hbond substituents is 1. The largest absolute Gasteiger partial charge is 0.508 e. The van der Waals surface area contributed by atoms with Gasteiger partial charge in [0.1, 0.15) is 23.7 Å². The molecule has 16 heteroatoms. The number of nitrogens with zero attached hydrogens (tertiary/aromatic N) is 7. The number of anilines is 1. The van der Waals surface area contributed by atoms with Gasteiger partial charge in [-0.2, -0.15) is 18.4 Å². The van der Waals surface area contributed by atoms with Gasteiger partial charge in [-0.15, -0.1) is 5.10 Å². The summed E-state index contributed by atoms with van der Waals surface area (Å²) in [7, 11) is 0. The minimum absolute atomic E-state index is 0.00137. The molecule has 1 aliphatic rings. The number of phenols is 1. The van der Waals surface area contributed by atoms with Gasteiger partial charge in [0.05, 0.1) is 28.6 Å². The molecule has 0 saturated carbocycles. The number of aromatic hydroxyl groups is 1. The number of hydrogen-bond donors (Lipinski definition) is 4. The molecule has 0 radical (unpaired) electrons. The molecule has 232 valence electrons. The van der Waals surface area contributed by atoms with Gasteiger partial charge in [0.2, 0.25) is 11.9 Å². The predicted octanol–water partition coefficient (Wildman–Crippen LogP) is 4.42. The third-order valence-corrected chi connectivity index (χ3v) is 7.47. The quantitative estimate of drug-likeness (QED) is 0.195. The fraction of sp³-hybridized carbons (Fsp3) is 0.100. The number of H-pyrrole nitrogens is 1. The van der Waals surface area contributed by atoms with Gasteiger partial charge in [-0.3, -0.25) is 4.79 Å². The van der Waals surface area contributed by atoms with Crippen LogP contribution in [-0.2, 0) is 6.42 Å². The Balaban J connectivity index is 0.000000319. The van der Waals surface area contributed by atoms with Crippen molar-refractivity contribution in [3.05, 3.63) is 117 Å². The molecule has 13 nitrogen and oxygen atoms in total. The van der Waals surface area contributed by atoms with Crippen LogP contribution in [0.3, 0.4) is 0 Å². The molecule has 6 aromatic rings. The fourth-order valence-electron chi connectivity index (χ4n) is 5.21. The summed E-state index contributed by atoms with van der Waals surface area (Å²) in [4.78, 5) is 33.8. The zero-order valence-electron chi connectivity index (χ0n) is 23.5. The standard InChI is InChI=1S/C23H16ClF2N9O.C7H6O3/c24-12-1-4-16(34-10-28-32-33-34)15(9-12)11-7-13-2-5-17(35(13)19(36)8-11)20-22(26)31-23(30-20)14-3-6-18(27)29-21(14)25;8-6-3-1-2-5(4-6)7(9)10/h1,3-4,6-10,17H,2,5H2,(H2,27,29)(H,30,31);1-4,8H,(H,9,10)/t17-;/m1./s1. The van der Waals surface area contributed by atoms with Crippen molar-refractivity contribution in [1.29, 1.82) is 0 Å². The number of hydrogen-bond acceptors (Lipinski definition) is 9. The summed E-state index contributed by atoms with van der Waals surface area (Å²) in [5.74, 6) is -2.78. The lowest BCUT2D eigenvalue weighted by molar-refractivity contribution is 0.0696. The number of nitrogen functional groups attached to an aromatic ring is 1. The van der Waals surface area contributed by atoms with E-state index < -0.39 is 23.9 Å². The van der Waals surface area contributed by atoms with Crippen molar-refractivity contribution in [2.45, 2.75) is 18.9 Å². The molecule has 2 aromatic carbocycles. The van der Waals surface area contributed by atoms with Gasteiger partial charge >= 0.3 is 5.97 Å². The van der Waals surface area contributed by atoms with Gasteiger partial charge in [-0.05, 0) is 83.4 Å². The molecule has 5 N–H and O–H groups in total. The summed E-state index contributed by atoms with van der Waals surface area (Å²) in [5.41, 5.74) is 7.98. The maximum absolute atomic E-state index is 14.9. The van der Waals surface area contributed by atoms with Crippen LogP contribution in [-0.4, -0.2) is 55.9 Å². The molecule has 46 heavy (non-hydrogen) atoms. The predicted molar refractivity (Wildman–Crippen MR) is 162 cm³/mol. The van der Waals surface area contributed by atoms with Crippen LogP contribution in [0.1, 0.15) is 34.2 Å². The van der Waals surface area contributed by atoms with Crippen molar-refractivity contribution < 1.29 is 23.8 Å². The summed E-state index contributed by atoms with van der Waals surface area (Å²) in [6, 6.07) is 16.2. The number of nitrogens with one attached hydrogen (secondary N) is 1. The van der Waals surface area contributed by atoms with Crippen molar-refractivity contribution >= 4 is 23.4 Å². The number of aromatic nitrogens is 8. The monoisotopic (exact) mass is 645 g/mol. The maximum atomic E-state index is 14.9. The SMILES string of the molecule is Nc1ccc(-c2nc(F)c([C@H]3CCc4cc(-c5cc(Cl)ccc5-n5cnnn5)cc(=O)n43)[nH]2)c(F)n1.O=C(O)c1cccc(O)c1. The Kier molecular flexibility index (Phi) is 7.98. The van der Waals surface area contributed by atoms with Crippen LogP contribution in [0.2, 0.25) is 5.02 Å². The van der Waals surface area contributed by atoms with E-state index in [4.69, 9.17) is 27.5 Å². The smallest absolute Gasteiger partial charge is 0.335 e. The van der Waals surface area contributed by atoms with E-state index >= 15 is 0 Å². The second-order valence-electron chi connectivity index (χ2n) is 10.1. The molecule has 0 unspecified atom stereocenters. The number of tetrazole rings is 1. The zero-order chi connectivity index (χ0) is 32.5. The Morgan fingerprint density at radius 3 is 2.54 bits per heavy atom. The minimum atomic E-state index is -1.03. The molecule has 7 rings (SSSR count). The van der Waals surface area contributed by atoms with Crippen LogP contribution < -0.4 is 11.3 Å². The number of carbonyl (C=O) groups is 1. The Hall–Kier alpha value is -5.96. The second-order valence-corrected chi connectivity index (χ2v) is 10.6. The lowest BCUT2D eigenvalue weighted by Gasteiger charge is -2.15. The van der Waals surface area contributed by atoms with E-state index in [9.17, 15) is 18.4 Å². The van der Waals surface area contributed by atoms with Crippen LogP contribution in [0.4, 0.5) is 14.6 Å². The van der Waals surface area contributed by atoms with E-state index in [0.29, 0.717) is 40.4 Å². The lowest BCUT2D eigenvalue weighted by atomic mass is 10.0. The summed E-state index contributed by atoms with van der Waals surface area (Å²) < 4.78 is 32.2. The van der Waals surface area contributed by atoms with Crippen molar-refractivity contribution in [3.8, 4) is 34.0 Å². The number of fused-ring (bicyclic) bond motifs is 1. The van der Waals surface area contributed by atoms with E-state index in [-0.39, 0.29) is 39.8 Å². The summed E-state index contributed by atoms with van der Waals surface area (Å²) in [5, 5.41) is 29.0. The number of carboxylic acid groups (broad SMARTS) is 1. The van der Waals surface area contributed by atoms with E-state index in [1.54, 1.807) is 18.2 Å². The Morgan fingerprint density at radius 2 is 1.85 bits per heavy atom. The molecule has 4 aromatic heterocycles. The first-order chi connectivity index (χ1) is 22.1. The first-order valence-electron chi connectivity index (χ1n) is 13.6. The average Bonchev–Trinajstić information content (AvgIpc) is 3.78. The number of aromatic carboxylic acids is 1. The molecule has 1 aliphatic heterocycles. The van der Waals surface area contributed by atoms with E-state index in [0.717, 1.165) is 0 Å². The number of benzene rings is 2. The third-order valence-electron chi connectivity index (χ3n) is 7.24. The van der Waals surface area contributed by atoms with Crippen LogP contribution in [0, 0.1) is 11.9 Å². The Bertz CT molecular complexity index is 2150. The highest BCUT2D eigenvalue weighted by molar-refractivity contribution is 6.31. The molecule has 0 fully saturated rings. The van der Waals surface area contributed by atoms with Crippen LogP contribution in [0.5, 0.6) is 5.75 Å². The van der Waals surface area contributed by atoms with Crippen molar-refractivity contribution in [2.24, 2.45) is 0 Å². The summed E-state index contributed by atoms with van der Waals surface area (Å²) in [6.07, 6.45) is 2.41. The maximum Gasteiger partial charge on any atom is 0.335 e. The van der Waals surface area contributed by atoms with Gasteiger partial charge in [-0.1, -0.05) is 17.7 Å². The van der Waals surface area contributed by atoms with E-state index in [1.807, 2.05) is 6.07 Å². The number of aromatic amines is 1. The number of carboxylic acids is 1. The van der Waals surface area contributed by atoms with E-state index in [1.165, 1.54) is 58.0 Å². The average molecular weight is 646 g/mol. The zero-order valence-corrected chi connectivity index (χ0v) is 24.2. The highest BCUT2D eigenvalue weighted by atomic mass is 35.5. The Morgan fingerprint density at radius 1 is 1.02 bits per heavy atom. The van der Waals surface area contributed by atoms with Gasteiger partial charge in [0.15, 0.2) is 0 Å². The summed E-state index contributed by atoms with van der Waals surface area (Å²) in [6.45, 7) is 0. The highest BCUT2D eigenvalue weighted by Crippen LogP contribution is 2.35. The number of nitrogens with two attached hydrogens (primary N) is 1. The summed E-state index contributed by atoms with van der Waals surface area (Å²) >= 11 is 6.24. The molecule has 0 aliphatic carbocycles. The van der Waals surface area contributed by atoms with Crippen LogP contribution >= 0.6 is 11.6 Å². The van der Waals surface area contributed by atoms with Gasteiger partial charge in [-0.25, -0.2) is 9.78 Å². The number of pyridine rings is 2. The topological polar surface area (TPSA) is 191 Å². The number of aryl methyl sites for hydroxylation is 1. The molecule has 0 spiro atoms. The first-order valence-corrected chi connectivity index (χ1v) is 14.0. The number of imidazole rings is 1. The normalized spacial score (nSPS) is 13.6.